The van der Waals surface area contributed by atoms with E-state index in [1.807, 2.05) is 12.1 Å². The highest BCUT2D eigenvalue weighted by atomic mass is 79.9. The van der Waals surface area contributed by atoms with Crippen LogP contribution in [0.25, 0.3) is 0 Å². The second-order valence-corrected chi connectivity index (χ2v) is 4.10. The first-order valence-electron chi connectivity index (χ1n) is 4.57. The van der Waals surface area contributed by atoms with Crippen molar-refractivity contribution in [1.29, 1.82) is 0 Å². The first kappa shape index (κ1) is 9.52. The largest absolute Gasteiger partial charge is 0.354 e. The standard InChI is InChI=1S/C10H12BrN3/c1-7-6-8(2-3-9(7)11)14-10-12-4-5-13-10/h2-3,6H,4-5H2,1H3,(H2,12,13,14). The number of hydrogen-bond donors (Lipinski definition) is 2. The first-order valence-corrected chi connectivity index (χ1v) is 5.36. The van der Waals surface area contributed by atoms with Crippen molar-refractivity contribution in [3.8, 4) is 0 Å². The van der Waals surface area contributed by atoms with Gasteiger partial charge < -0.3 is 10.6 Å². The summed E-state index contributed by atoms with van der Waals surface area (Å²) in [5.41, 5.74) is 2.28. The Bertz CT molecular complexity index is 374. The van der Waals surface area contributed by atoms with Crippen LogP contribution in [0.5, 0.6) is 0 Å². The van der Waals surface area contributed by atoms with E-state index >= 15 is 0 Å². The highest BCUT2D eigenvalue weighted by Gasteiger charge is 2.04. The second-order valence-electron chi connectivity index (χ2n) is 3.25. The van der Waals surface area contributed by atoms with E-state index in [1.165, 1.54) is 5.56 Å². The molecule has 1 aliphatic rings. The number of rotatable bonds is 1. The normalized spacial score (nSPS) is 14.9. The molecule has 0 atom stereocenters. The predicted octanol–water partition coefficient (Wildman–Crippen LogP) is 2.13. The van der Waals surface area contributed by atoms with E-state index in [4.69, 9.17) is 0 Å². The van der Waals surface area contributed by atoms with Crippen LogP contribution in [0.3, 0.4) is 0 Å². The summed E-state index contributed by atoms with van der Waals surface area (Å²) in [4.78, 5) is 4.27. The number of hydrogen-bond acceptors (Lipinski definition) is 3. The number of aliphatic imine (C=N–C) groups is 1. The van der Waals surface area contributed by atoms with E-state index in [0.29, 0.717) is 0 Å². The molecular weight excluding hydrogens is 242 g/mol. The summed E-state index contributed by atoms with van der Waals surface area (Å²) >= 11 is 3.47. The Morgan fingerprint density at radius 3 is 3.00 bits per heavy atom. The van der Waals surface area contributed by atoms with Crippen molar-refractivity contribution < 1.29 is 0 Å². The average molecular weight is 254 g/mol. The van der Waals surface area contributed by atoms with Crippen LogP contribution in [0, 0.1) is 6.92 Å². The number of aryl methyl sites for hydroxylation is 1. The number of anilines is 1. The van der Waals surface area contributed by atoms with Crippen LogP contribution in [-0.4, -0.2) is 19.0 Å². The van der Waals surface area contributed by atoms with E-state index in [2.05, 4.69) is 44.5 Å². The highest BCUT2D eigenvalue weighted by Crippen LogP contribution is 2.19. The van der Waals surface area contributed by atoms with Gasteiger partial charge in [0, 0.05) is 16.7 Å². The van der Waals surface area contributed by atoms with Crippen LogP contribution in [0.4, 0.5) is 5.69 Å². The van der Waals surface area contributed by atoms with Crippen LogP contribution < -0.4 is 10.6 Å². The Labute approximate surface area is 91.7 Å². The lowest BCUT2D eigenvalue weighted by atomic mass is 10.2. The van der Waals surface area contributed by atoms with Crippen LogP contribution in [0.1, 0.15) is 5.56 Å². The van der Waals surface area contributed by atoms with Crippen molar-refractivity contribution in [3.05, 3.63) is 28.2 Å². The molecule has 74 valence electrons. The van der Waals surface area contributed by atoms with Gasteiger partial charge in [-0.15, -0.1) is 0 Å². The minimum atomic E-state index is 0.859. The van der Waals surface area contributed by atoms with Crippen molar-refractivity contribution in [3.63, 3.8) is 0 Å². The van der Waals surface area contributed by atoms with E-state index in [9.17, 15) is 0 Å². The predicted molar refractivity (Wildman–Crippen MR) is 62.8 cm³/mol. The third-order valence-corrected chi connectivity index (χ3v) is 2.98. The molecule has 14 heavy (non-hydrogen) atoms. The van der Waals surface area contributed by atoms with Gasteiger partial charge in [-0.3, -0.25) is 4.99 Å². The second kappa shape index (κ2) is 4.00. The van der Waals surface area contributed by atoms with Crippen LogP contribution in [0.2, 0.25) is 0 Å². The fourth-order valence-corrected chi connectivity index (χ4v) is 1.59. The van der Waals surface area contributed by atoms with Gasteiger partial charge in [-0.25, -0.2) is 0 Å². The summed E-state index contributed by atoms with van der Waals surface area (Å²) < 4.78 is 1.13. The summed E-state index contributed by atoms with van der Waals surface area (Å²) in [5, 5.41) is 6.39. The quantitative estimate of drug-likeness (QED) is 0.805. The number of nitrogens with zero attached hydrogens (tertiary/aromatic N) is 1. The van der Waals surface area contributed by atoms with Gasteiger partial charge in [-0.1, -0.05) is 15.9 Å². The van der Waals surface area contributed by atoms with Gasteiger partial charge in [0.2, 0.25) is 0 Å². The molecule has 0 amide bonds. The molecular formula is C10H12BrN3. The molecule has 2 rings (SSSR count). The minimum Gasteiger partial charge on any atom is -0.354 e. The van der Waals surface area contributed by atoms with Crippen molar-refractivity contribution in [2.45, 2.75) is 6.92 Å². The Hall–Kier alpha value is -1.03. The lowest BCUT2D eigenvalue weighted by Crippen LogP contribution is -2.26. The van der Waals surface area contributed by atoms with Crippen molar-refractivity contribution in [2.24, 2.45) is 4.99 Å². The molecule has 0 saturated carbocycles. The summed E-state index contributed by atoms with van der Waals surface area (Å²) in [6, 6.07) is 6.15. The Morgan fingerprint density at radius 2 is 2.36 bits per heavy atom. The van der Waals surface area contributed by atoms with Crippen molar-refractivity contribution >= 4 is 27.6 Å². The third kappa shape index (κ3) is 2.07. The first-order chi connectivity index (χ1) is 6.75. The fraction of sp³-hybridized carbons (Fsp3) is 0.300. The van der Waals surface area contributed by atoms with Gasteiger partial charge in [-0.05, 0) is 30.7 Å². The Morgan fingerprint density at radius 1 is 1.50 bits per heavy atom. The molecule has 1 aromatic rings. The molecule has 0 aromatic heterocycles. The SMILES string of the molecule is Cc1cc(NC2=NCCN2)ccc1Br. The van der Waals surface area contributed by atoms with E-state index in [1.54, 1.807) is 0 Å². The molecule has 0 fully saturated rings. The lowest BCUT2D eigenvalue weighted by Gasteiger charge is -2.07. The van der Waals surface area contributed by atoms with Gasteiger partial charge in [0.25, 0.3) is 0 Å². The van der Waals surface area contributed by atoms with Crippen molar-refractivity contribution in [2.75, 3.05) is 18.4 Å². The highest BCUT2D eigenvalue weighted by molar-refractivity contribution is 9.10. The molecule has 2 N–H and O–H groups in total. The monoisotopic (exact) mass is 253 g/mol. The fourth-order valence-electron chi connectivity index (χ4n) is 1.34. The molecule has 3 nitrogen and oxygen atoms in total. The van der Waals surface area contributed by atoms with Gasteiger partial charge in [0.15, 0.2) is 5.96 Å². The summed E-state index contributed by atoms with van der Waals surface area (Å²) in [6.07, 6.45) is 0. The molecule has 4 heteroatoms. The average Bonchev–Trinajstić information content (AvgIpc) is 2.64. The number of halogens is 1. The molecule has 0 saturated heterocycles. The van der Waals surface area contributed by atoms with Gasteiger partial charge in [0.05, 0.1) is 6.54 Å². The van der Waals surface area contributed by atoms with Crippen molar-refractivity contribution in [1.82, 2.24) is 5.32 Å². The maximum absolute atomic E-state index is 4.27. The molecule has 1 aromatic carbocycles. The van der Waals surface area contributed by atoms with Crippen LogP contribution in [-0.2, 0) is 0 Å². The van der Waals surface area contributed by atoms with Gasteiger partial charge >= 0.3 is 0 Å². The summed E-state index contributed by atoms with van der Waals surface area (Å²) in [7, 11) is 0. The van der Waals surface area contributed by atoms with Crippen LogP contribution in [0.15, 0.2) is 27.7 Å². The van der Waals surface area contributed by atoms with Crippen LogP contribution >= 0.6 is 15.9 Å². The topological polar surface area (TPSA) is 36.4 Å². The van der Waals surface area contributed by atoms with E-state index < -0.39 is 0 Å². The number of guanidine groups is 1. The third-order valence-electron chi connectivity index (χ3n) is 2.09. The zero-order chi connectivity index (χ0) is 9.97. The molecule has 0 radical (unpaired) electrons. The lowest BCUT2D eigenvalue weighted by molar-refractivity contribution is 0.959. The zero-order valence-corrected chi connectivity index (χ0v) is 9.56. The summed E-state index contributed by atoms with van der Waals surface area (Å²) in [5.74, 6) is 0.867. The van der Waals surface area contributed by atoms with E-state index in [-0.39, 0.29) is 0 Å². The maximum Gasteiger partial charge on any atom is 0.195 e. The minimum absolute atomic E-state index is 0.859. The molecule has 1 heterocycles. The molecule has 0 unspecified atom stereocenters. The summed E-state index contributed by atoms with van der Waals surface area (Å²) in [6.45, 7) is 3.86. The molecule has 0 bridgehead atoms. The molecule has 1 aliphatic heterocycles. The van der Waals surface area contributed by atoms with E-state index in [0.717, 1.165) is 29.2 Å². The Kier molecular flexibility index (Phi) is 2.72. The smallest absolute Gasteiger partial charge is 0.195 e. The molecule has 0 spiro atoms. The van der Waals surface area contributed by atoms with Gasteiger partial charge in [-0.2, -0.15) is 0 Å². The Balaban J connectivity index is 2.13. The number of benzene rings is 1. The maximum atomic E-state index is 4.27. The zero-order valence-electron chi connectivity index (χ0n) is 7.97. The number of nitrogens with one attached hydrogen (secondary N) is 2. The van der Waals surface area contributed by atoms with Gasteiger partial charge in [0.1, 0.15) is 0 Å². The molecule has 0 aliphatic carbocycles.